The second kappa shape index (κ2) is 4.51. The Morgan fingerprint density at radius 1 is 1.54 bits per heavy atom. The van der Waals surface area contributed by atoms with Crippen LogP contribution in [0.4, 0.5) is 0 Å². The number of aromatic carboxylic acids is 1. The maximum atomic E-state index is 10.4. The maximum absolute atomic E-state index is 10.4. The summed E-state index contributed by atoms with van der Waals surface area (Å²) in [6, 6.07) is 0. The van der Waals surface area contributed by atoms with Gasteiger partial charge in [0.25, 0.3) is 0 Å². The van der Waals surface area contributed by atoms with E-state index in [9.17, 15) is 4.79 Å². The third kappa shape index (κ3) is 2.79. The predicted octanol–water partition coefficient (Wildman–Crippen LogP) is 0.284. The number of nitrogens with one attached hydrogen (secondary N) is 1. The van der Waals surface area contributed by atoms with Crippen LogP contribution >= 0.6 is 0 Å². The summed E-state index contributed by atoms with van der Waals surface area (Å²) in [5.74, 6) is -1.05. The molecule has 1 aromatic rings. The number of carboxylic acid groups (broad SMARTS) is 1. The summed E-state index contributed by atoms with van der Waals surface area (Å²) >= 11 is 0. The van der Waals surface area contributed by atoms with Crippen molar-refractivity contribution >= 4 is 5.97 Å². The molecule has 70 valence electrons. The molecule has 0 aliphatic heterocycles. The van der Waals surface area contributed by atoms with E-state index < -0.39 is 5.97 Å². The van der Waals surface area contributed by atoms with Crippen LogP contribution in [0.25, 0.3) is 0 Å². The van der Waals surface area contributed by atoms with Gasteiger partial charge in [-0.3, -0.25) is 4.98 Å². The fourth-order valence-corrected chi connectivity index (χ4v) is 0.810. The Bertz CT molecular complexity index is 284. The number of rotatable bonds is 4. The average Bonchev–Trinajstić information content (AvgIpc) is 2.15. The topological polar surface area (TPSA) is 75.1 Å². The lowest BCUT2D eigenvalue weighted by molar-refractivity contribution is 0.0690. The van der Waals surface area contributed by atoms with Crippen LogP contribution in [0.1, 0.15) is 23.1 Å². The van der Waals surface area contributed by atoms with Gasteiger partial charge in [-0.1, -0.05) is 6.92 Å². The molecule has 0 fully saturated rings. The van der Waals surface area contributed by atoms with E-state index in [4.69, 9.17) is 5.11 Å². The molecule has 2 N–H and O–H groups in total. The summed E-state index contributed by atoms with van der Waals surface area (Å²) < 4.78 is 0. The molecule has 5 heteroatoms. The number of carbonyl (C=O) groups is 1. The standard InChI is InChI=1S/C8H11N3O2/c1-2-9-3-6-4-11-7(5-10-6)8(12)13/h4-5,9H,2-3H2,1H3,(H,12,13). The molecule has 0 bridgehead atoms. The first-order valence-corrected chi connectivity index (χ1v) is 3.99. The number of hydrogen-bond donors (Lipinski definition) is 2. The first-order valence-electron chi connectivity index (χ1n) is 3.99. The summed E-state index contributed by atoms with van der Waals surface area (Å²) in [5.41, 5.74) is 0.715. The summed E-state index contributed by atoms with van der Waals surface area (Å²) in [6.07, 6.45) is 2.72. The van der Waals surface area contributed by atoms with Crippen LogP contribution in [-0.4, -0.2) is 27.6 Å². The second-order valence-corrected chi connectivity index (χ2v) is 2.48. The molecule has 0 saturated heterocycles. The second-order valence-electron chi connectivity index (χ2n) is 2.48. The largest absolute Gasteiger partial charge is 0.476 e. The SMILES string of the molecule is CCNCc1cnc(C(=O)O)cn1. The summed E-state index contributed by atoms with van der Waals surface area (Å²) in [5, 5.41) is 11.6. The van der Waals surface area contributed by atoms with Crippen molar-refractivity contribution in [2.45, 2.75) is 13.5 Å². The highest BCUT2D eigenvalue weighted by Gasteiger charge is 2.03. The maximum Gasteiger partial charge on any atom is 0.356 e. The summed E-state index contributed by atoms with van der Waals surface area (Å²) in [7, 11) is 0. The third-order valence-corrected chi connectivity index (χ3v) is 1.48. The monoisotopic (exact) mass is 181 g/mol. The van der Waals surface area contributed by atoms with Gasteiger partial charge in [0.15, 0.2) is 5.69 Å². The number of aromatic nitrogens is 2. The van der Waals surface area contributed by atoms with Gasteiger partial charge in [0, 0.05) is 6.54 Å². The normalized spacial score (nSPS) is 9.92. The van der Waals surface area contributed by atoms with Crippen molar-refractivity contribution in [3.63, 3.8) is 0 Å². The van der Waals surface area contributed by atoms with Crippen molar-refractivity contribution < 1.29 is 9.90 Å². The van der Waals surface area contributed by atoms with Crippen molar-refractivity contribution in [2.24, 2.45) is 0 Å². The van der Waals surface area contributed by atoms with Gasteiger partial charge in [-0.15, -0.1) is 0 Å². The van der Waals surface area contributed by atoms with E-state index in [2.05, 4.69) is 15.3 Å². The lowest BCUT2D eigenvalue weighted by atomic mass is 10.4. The molecule has 0 saturated carbocycles. The molecular formula is C8H11N3O2. The molecule has 0 spiro atoms. The fraction of sp³-hybridized carbons (Fsp3) is 0.375. The number of hydrogen-bond acceptors (Lipinski definition) is 4. The molecule has 0 atom stereocenters. The number of nitrogens with zero attached hydrogens (tertiary/aromatic N) is 2. The Balaban J connectivity index is 2.64. The van der Waals surface area contributed by atoms with Crippen molar-refractivity contribution in [1.29, 1.82) is 0 Å². The molecule has 0 aliphatic carbocycles. The van der Waals surface area contributed by atoms with Crippen LogP contribution in [0, 0.1) is 0 Å². The Labute approximate surface area is 75.8 Å². The molecule has 0 aliphatic rings. The summed E-state index contributed by atoms with van der Waals surface area (Å²) in [4.78, 5) is 18.1. The molecule has 1 heterocycles. The molecular weight excluding hydrogens is 170 g/mol. The minimum absolute atomic E-state index is 0.0275. The van der Waals surface area contributed by atoms with E-state index in [1.807, 2.05) is 6.92 Å². The van der Waals surface area contributed by atoms with Crippen molar-refractivity contribution in [3.8, 4) is 0 Å². The van der Waals surface area contributed by atoms with Gasteiger partial charge in [0.05, 0.1) is 18.1 Å². The highest BCUT2D eigenvalue weighted by atomic mass is 16.4. The smallest absolute Gasteiger partial charge is 0.356 e. The molecule has 0 unspecified atom stereocenters. The first-order chi connectivity index (χ1) is 6.24. The van der Waals surface area contributed by atoms with E-state index in [1.165, 1.54) is 12.4 Å². The molecule has 1 rings (SSSR count). The van der Waals surface area contributed by atoms with Crippen molar-refractivity contribution in [3.05, 3.63) is 23.8 Å². The van der Waals surface area contributed by atoms with Crippen molar-refractivity contribution in [1.82, 2.24) is 15.3 Å². The lowest BCUT2D eigenvalue weighted by Crippen LogP contribution is -2.13. The quantitative estimate of drug-likeness (QED) is 0.698. The van der Waals surface area contributed by atoms with Gasteiger partial charge in [0.1, 0.15) is 0 Å². The zero-order chi connectivity index (χ0) is 9.68. The zero-order valence-electron chi connectivity index (χ0n) is 7.32. The zero-order valence-corrected chi connectivity index (χ0v) is 7.32. The molecule has 1 aromatic heterocycles. The van der Waals surface area contributed by atoms with E-state index in [0.717, 1.165) is 12.2 Å². The van der Waals surface area contributed by atoms with Crippen LogP contribution < -0.4 is 5.32 Å². The van der Waals surface area contributed by atoms with Crippen LogP contribution in [0.5, 0.6) is 0 Å². The van der Waals surface area contributed by atoms with E-state index in [0.29, 0.717) is 6.54 Å². The molecule has 13 heavy (non-hydrogen) atoms. The predicted molar refractivity (Wildman–Crippen MR) is 46.4 cm³/mol. The molecule has 5 nitrogen and oxygen atoms in total. The van der Waals surface area contributed by atoms with Gasteiger partial charge in [-0.2, -0.15) is 0 Å². The van der Waals surface area contributed by atoms with Gasteiger partial charge in [0.2, 0.25) is 0 Å². The van der Waals surface area contributed by atoms with Crippen molar-refractivity contribution in [2.75, 3.05) is 6.54 Å². The highest BCUT2D eigenvalue weighted by molar-refractivity contribution is 5.84. The Morgan fingerprint density at radius 2 is 2.31 bits per heavy atom. The van der Waals surface area contributed by atoms with Crippen LogP contribution in [0.3, 0.4) is 0 Å². The summed E-state index contributed by atoms with van der Waals surface area (Å²) in [6.45, 7) is 3.45. The van der Waals surface area contributed by atoms with Gasteiger partial charge in [-0.25, -0.2) is 9.78 Å². The van der Waals surface area contributed by atoms with Gasteiger partial charge >= 0.3 is 5.97 Å². The van der Waals surface area contributed by atoms with Crippen LogP contribution in [0.2, 0.25) is 0 Å². The van der Waals surface area contributed by atoms with Gasteiger partial charge < -0.3 is 10.4 Å². The minimum Gasteiger partial charge on any atom is -0.476 e. The molecule has 0 amide bonds. The Kier molecular flexibility index (Phi) is 3.33. The highest BCUT2D eigenvalue weighted by Crippen LogP contribution is 1.94. The van der Waals surface area contributed by atoms with Gasteiger partial charge in [-0.05, 0) is 6.54 Å². The molecule has 0 aromatic carbocycles. The Morgan fingerprint density at radius 3 is 2.77 bits per heavy atom. The fourth-order valence-electron chi connectivity index (χ4n) is 0.810. The first kappa shape index (κ1) is 9.60. The van der Waals surface area contributed by atoms with E-state index in [-0.39, 0.29) is 5.69 Å². The van der Waals surface area contributed by atoms with E-state index in [1.54, 1.807) is 0 Å². The third-order valence-electron chi connectivity index (χ3n) is 1.48. The van der Waals surface area contributed by atoms with Crippen LogP contribution in [-0.2, 0) is 6.54 Å². The van der Waals surface area contributed by atoms with E-state index >= 15 is 0 Å². The average molecular weight is 181 g/mol. The minimum atomic E-state index is -1.05. The lowest BCUT2D eigenvalue weighted by Gasteiger charge is -2.00. The Hall–Kier alpha value is -1.49. The molecule has 0 radical (unpaired) electrons. The number of carboxylic acids is 1. The van der Waals surface area contributed by atoms with Crippen LogP contribution in [0.15, 0.2) is 12.4 Å².